The van der Waals surface area contributed by atoms with Crippen LogP contribution in [0.2, 0.25) is 0 Å². The summed E-state index contributed by atoms with van der Waals surface area (Å²) in [5.74, 6) is 0.682. The molecule has 5 heteroatoms. The fourth-order valence-corrected chi connectivity index (χ4v) is 3.37. The van der Waals surface area contributed by atoms with E-state index in [1.807, 2.05) is 26.8 Å². The van der Waals surface area contributed by atoms with E-state index in [2.05, 4.69) is 0 Å². The summed E-state index contributed by atoms with van der Waals surface area (Å²) in [4.78, 5) is 0. The van der Waals surface area contributed by atoms with Crippen molar-refractivity contribution in [3.63, 3.8) is 0 Å². The van der Waals surface area contributed by atoms with Gasteiger partial charge in [-0.3, -0.25) is 9.05 Å². The van der Waals surface area contributed by atoms with Crippen LogP contribution in [0, 0.1) is 5.92 Å². The van der Waals surface area contributed by atoms with E-state index < -0.39 is 7.82 Å². The first kappa shape index (κ1) is 12.6. The van der Waals surface area contributed by atoms with Crippen molar-refractivity contribution >= 4 is 7.82 Å². The zero-order valence-electron chi connectivity index (χ0n) is 10.2. The summed E-state index contributed by atoms with van der Waals surface area (Å²) in [6.45, 7) is 5.76. The normalized spacial score (nSPS) is 37.7. The molecule has 2 unspecified atom stereocenters. The number of para-hydroxylation sites is 1. The van der Waals surface area contributed by atoms with Gasteiger partial charge < -0.3 is 4.52 Å². The van der Waals surface area contributed by atoms with Gasteiger partial charge in [-0.25, -0.2) is 4.57 Å². The first-order valence-electron chi connectivity index (χ1n) is 5.72. The molecule has 0 aromatic heterocycles. The summed E-state index contributed by atoms with van der Waals surface area (Å²) in [6.07, 6.45) is -0.290. The maximum Gasteiger partial charge on any atom is 0.530 e. The summed E-state index contributed by atoms with van der Waals surface area (Å²) in [5.41, 5.74) is 0. The Balaban J connectivity index is 2.12. The van der Waals surface area contributed by atoms with Gasteiger partial charge in [-0.15, -0.1) is 0 Å². The van der Waals surface area contributed by atoms with Crippen LogP contribution in [0.5, 0.6) is 5.75 Å². The van der Waals surface area contributed by atoms with Gasteiger partial charge in [0.2, 0.25) is 0 Å². The van der Waals surface area contributed by atoms with Crippen molar-refractivity contribution in [2.24, 2.45) is 5.92 Å². The third kappa shape index (κ3) is 2.89. The fourth-order valence-electron chi connectivity index (χ4n) is 1.66. The molecule has 0 radical (unpaired) electrons. The highest BCUT2D eigenvalue weighted by Crippen LogP contribution is 2.56. The zero-order chi connectivity index (χ0) is 12.5. The molecule has 4 atom stereocenters. The standard InChI is InChI=1S/C12H17O4P/c1-9-10(2)14-17(13,15-11(9)3)16-12-7-5-4-6-8-12/h4-11H,1-3H3/t9?,10-,11+,17?. The minimum absolute atomic E-state index is 0.145. The van der Waals surface area contributed by atoms with Gasteiger partial charge in [0.15, 0.2) is 0 Å². The van der Waals surface area contributed by atoms with E-state index in [1.165, 1.54) is 0 Å². The van der Waals surface area contributed by atoms with E-state index >= 15 is 0 Å². The predicted octanol–water partition coefficient (Wildman–Crippen LogP) is 3.63. The first-order chi connectivity index (χ1) is 8.00. The summed E-state index contributed by atoms with van der Waals surface area (Å²) in [7, 11) is -3.48. The maximum absolute atomic E-state index is 12.3. The van der Waals surface area contributed by atoms with Crippen molar-refractivity contribution in [3.05, 3.63) is 30.3 Å². The predicted molar refractivity (Wildman–Crippen MR) is 64.9 cm³/mol. The monoisotopic (exact) mass is 256 g/mol. The van der Waals surface area contributed by atoms with Gasteiger partial charge >= 0.3 is 7.82 Å². The van der Waals surface area contributed by atoms with Gasteiger partial charge in [0.05, 0.1) is 12.2 Å². The molecule has 0 aliphatic carbocycles. The molecule has 0 N–H and O–H groups in total. The third-order valence-corrected chi connectivity index (χ3v) is 4.65. The Labute approximate surface area is 102 Å². The van der Waals surface area contributed by atoms with Gasteiger partial charge in [-0.05, 0) is 26.0 Å². The van der Waals surface area contributed by atoms with E-state index in [0.717, 1.165) is 0 Å². The lowest BCUT2D eigenvalue weighted by Crippen LogP contribution is -2.34. The van der Waals surface area contributed by atoms with E-state index in [4.69, 9.17) is 13.6 Å². The van der Waals surface area contributed by atoms with Crippen molar-refractivity contribution in [3.8, 4) is 5.75 Å². The molecule has 1 aliphatic rings. The van der Waals surface area contributed by atoms with Crippen LogP contribution < -0.4 is 4.52 Å². The first-order valence-corrected chi connectivity index (χ1v) is 7.18. The van der Waals surface area contributed by atoms with E-state index in [0.29, 0.717) is 5.75 Å². The Kier molecular flexibility index (Phi) is 3.57. The summed E-state index contributed by atoms with van der Waals surface area (Å²) >= 11 is 0. The molecule has 1 saturated heterocycles. The lowest BCUT2D eigenvalue weighted by Gasteiger charge is -2.35. The number of hydrogen-bond acceptors (Lipinski definition) is 4. The SMILES string of the molecule is CC1[C@H](C)OP(=O)(Oc2ccccc2)O[C@@H]1C. The molecule has 94 valence electrons. The highest BCUT2D eigenvalue weighted by Gasteiger charge is 2.42. The lowest BCUT2D eigenvalue weighted by atomic mass is 10.0. The number of benzene rings is 1. The average molecular weight is 256 g/mol. The molecule has 1 fully saturated rings. The molecule has 1 heterocycles. The number of rotatable bonds is 2. The molecule has 17 heavy (non-hydrogen) atoms. The second kappa shape index (κ2) is 4.81. The topological polar surface area (TPSA) is 44.8 Å². The average Bonchev–Trinajstić information content (AvgIpc) is 2.27. The summed E-state index contributed by atoms with van der Waals surface area (Å²) in [5, 5.41) is 0. The van der Waals surface area contributed by atoms with Gasteiger partial charge in [0.1, 0.15) is 5.75 Å². The van der Waals surface area contributed by atoms with E-state index in [-0.39, 0.29) is 18.1 Å². The number of phosphoric ester groups is 1. The molecule has 0 saturated carbocycles. The minimum Gasteiger partial charge on any atom is -0.404 e. The van der Waals surface area contributed by atoms with Crippen LogP contribution in [-0.2, 0) is 13.6 Å². The summed E-state index contributed by atoms with van der Waals surface area (Å²) in [6, 6.07) is 8.92. The van der Waals surface area contributed by atoms with Crippen molar-refractivity contribution in [1.82, 2.24) is 0 Å². The van der Waals surface area contributed by atoms with E-state index in [9.17, 15) is 4.57 Å². The molecule has 1 aromatic carbocycles. The van der Waals surface area contributed by atoms with Crippen LogP contribution in [-0.4, -0.2) is 12.2 Å². The van der Waals surface area contributed by atoms with Crippen molar-refractivity contribution in [2.45, 2.75) is 33.0 Å². The van der Waals surface area contributed by atoms with Crippen LogP contribution >= 0.6 is 7.82 Å². The van der Waals surface area contributed by atoms with Crippen molar-refractivity contribution in [1.29, 1.82) is 0 Å². The minimum atomic E-state index is -3.48. The summed E-state index contributed by atoms with van der Waals surface area (Å²) < 4.78 is 28.4. The van der Waals surface area contributed by atoms with Crippen LogP contribution in [0.4, 0.5) is 0 Å². The second-order valence-electron chi connectivity index (χ2n) is 4.33. The molecule has 4 nitrogen and oxygen atoms in total. The van der Waals surface area contributed by atoms with Gasteiger partial charge in [0, 0.05) is 5.92 Å². The van der Waals surface area contributed by atoms with Crippen molar-refractivity contribution in [2.75, 3.05) is 0 Å². The largest absolute Gasteiger partial charge is 0.530 e. The van der Waals surface area contributed by atoms with Gasteiger partial charge in [-0.2, -0.15) is 0 Å². The fraction of sp³-hybridized carbons (Fsp3) is 0.500. The van der Waals surface area contributed by atoms with Crippen LogP contribution in [0.1, 0.15) is 20.8 Å². The molecule has 0 bridgehead atoms. The molecule has 2 rings (SSSR count). The highest BCUT2D eigenvalue weighted by molar-refractivity contribution is 7.49. The van der Waals surface area contributed by atoms with Crippen molar-refractivity contribution < 1.29 is 18.1 Å². The highest BCUT2D eigenvalue weighted by atomic mass is 31.2. The van der Waals surface area contributed by atoms with Gasteiger partial charge in [0.25, 0.3) is 0 Å². The molecular formula is C12H17O4P. The molecular weight excluding hydrogens is 239 g/mol. The zero-order valence-corrected chi connectivity index (χ0v) is 11.1. The Morgan fingerprint density at radius 2 is 1.59 bits per heavy atom. The third-order valence-electron chi connectivity index (χ3n) is 3.03. The quantitative estimate of drug-likeness (QED) is 0.758. The Morgan fingerprint density at radius 3 is 2.12 bits per heavy atom. The van der Waals surface area contributed by atoms with Crippen LogP contribution in [0.3, 0.4) is 0 Å². The number of phosphoric acid groups is 1. The van der Waals surface area contributed by atoms with E-state index in [1.54, 1.807) is 24.3 Å². The smallest absolute Gasteiger partial charge is 0.404 e. The lowest BCUT2D eigenvalue weighted by molar-refractivity contribution is -0.0219. The molecule has 1 aliphatic heterocycles. The second-order valence-corrected chi connectivity index (χ2v) is 5.83. The van der Waals surface area contributed by atoms with Gasteiger partial charge in [-0.1, -0.05) is 25.1 Å². The molecule has 1 aromatic rings. The van der Waals surface area contributed by atoms with Crippen LogP contribution in [0.25, 0.3) is 0 Å². The Morgan fingerprint density at radius 1 is 1.06 bits per heavy atom. The number of hydrogen-bond donors (Lipinski definition) is 0. The Hall–Kier alpha value is -0.830. The maximum atomic E-state index is 12.3. The van der Waals surface area contributed by atoms with Crippen LogP contribution in [0.15, 0.2) is 30.3 Å². The molecule has 0 spiro atoms. The molecule has 0 amide bonds. The Bertz CT molecular complexity index is 404.